The fourth-order valence-corrected chi connectivity index (χ4v) is 4.81. The Hall–Kier alpha value is -0.120. The van der Waals surface area contributed by atoms with Crippen LogP contribution in [-0.2, 0) is 0 Å². The lowest BCUT2D eigenvalue weighted by molar-refractivity contribution is 0.0188. The molecule has 3 fully saturated rings. The summed E-state index contributed by atoms with van der Waals surface area (Å²) in [5, 5.41) is 14.0. The largest absolute Gasteiger partial charge is 0.393 e. The summed E-state index contributed by atoms with van der Waals surface area (Å²) in [5.74, 6) is 0.458. The SMILES string of the molecule is CC(O)C1CC(NC2CCCC2)CN(C2CCCCC2)C1. The molecule has 1 heterocycles. The van der Waals surface area contributed by atoms with Gasteiger partial charge in [0.2, 0.25) is 0 Å². The smallest absolute Gasteiger partial charge is 0.0553 e. The quantitative estimate of drug-likeness (QED) is 0.837. The Morgan fingerprint density at radius 2 is 1.57 bits per heavy atom. The number of hydrogen-bond acceptors (Lipinski definition) is 3. The van der Waals surface area contributed by atoms with Crippen molar-refractivity contribution < 1.29 is 5.11 Å². The Morgan fingerprint density at radius 1 is 0.905 bits per heavy atom. The van der Waals surface area contributed by atoms with Crippen molar-refractivity contribution in [3.8, 4) is 0 Å². The predicted octanol–water partition coefficient (Wildman–Crippen LogP) is 2.92. The Labute approximate surface area is 130 Å². The summed E-state index contributed by atoms with van der Waals surface area (Å²) < 4.78 is 0. The lowest BCUT2D eigenvalue weighted by Gasteiger charge is -2.45. The van der Waals surface area contributed by atoms with E-state index in [0.29, 0.717) is 12.0 Å². The summed E-state index contributed by atoms with van der Waals surface area (Å²) in [6.07, 6.45) is 13.5. The summed E-state index contributed by atoms with van der Waals surface area (Å²) >= 11 is 0. The highest BCUT2D eigenvalue weighted by Gasteiger charge is 2.34. The average Bonchev–Trinajstić information content (AvgIpc) is 3.01. The second kappa shape index (κ2) is 7.43. The van der Waals surface area contributed by atoms with Gasteiger partial charge in [0.25, 0.3) is 0 Å². The number of piperidine rings is 1. The van der Waals surface area contributed by atoms with Gasteiger partial charge in [-0.25, -0.2) is 0 Å². The minimum absolute atomic E-state index is 0.163. The van der Waals surface area contributed by atoms with Crippen molar-refractivity contribution in [2.24, 2.45) is 5.92 Å². The fraction of sp³-hybridized carbons (Fsp3) is 1.00. The van der Waals surface area contributed by atoms with Gasteiger partial charge in [-0.1, -0.05) is 32.1 Å². The summed E-state index contributed by atoms with van der Waals surface area (Å²) in [7, 11) is 0. The Bertz CT molecular complexity index is 306. The molecular formula is C18H34N2O. The maximum atomic E-state index is 10.1. The molecule has 0 radical (unpaired) electrons. The average molecular weight is 294 g/mol. The first kappa shape index (κ1) is 15.8. The van der Waals surface area contributed by atoms with Crippen LogP contribution in [0.15, 0.2) is 0 Å². The highest BCUT2D eigenvalue weighted by Crippen LogP contribution is 2.29. The van der Waals surface area contributed by atoms with Crippen LogP contribution in [0.5, 0.6) is 0 Å². The zero-order chi connectivity index (χ0) is 14.7. The molecule has 3 heteroatoms. The Morgan fingerprint density at radius 3 is 2.24 bits per heavy atom. The molecule has 2 saturated carbocycles. The molecule has 0 aromatic rings. The van der Waals surface area contributed by atoms with E-state index in [-0.39, 0.29) is 6.10 Å². The molecule has 1 aliphatic heterocycles. The standard InChI is InChI=1S/C18H34N2O/c1-14(21)15-11-17(19-16-7-5-6-8-16)13-20(12-15)18-9-3-2-4-10-18/h14-19,21H,2-13H2,1H3. The molecule has 0 bridgehead atoms. The van der Waals surface area contributed by atoms with Crippen LogP contribution in [0, 0.1) is 5.92 Å². The first-order chi connectivity index (χ1) is 10.2. The molecule has 0 aromatic carbocycles. The fourth-order valence-electron chi connectivity index (χ4n) is 4.81. The van der Waals surface area contributed by atoms with Crippen molar-refractivity contribution in [2.45, 2.75) is 95.4 Å². The number of aliphatic hydroxyl groups is 1. The van der Waals surface area contributed by atoms with Crippen LogP contribution in [0.2, 0.25) is 0 Å². The van der Waals surface area contributed by atoms with E-state index >= 15 is 0 Å². The number of rotatable bonds is 4. The highest BCUT2D eigenvalue weighted by molar-refractivity contribution is 4.91. The second-order valence-corrected chi connectivity index (χ2v) is 7.83. The molecular weight excluding hydrogens is 260 g/mol. The molecule has 21 heavy (non-hydrogen) atoms. The number of hydrogen-bond donors (Lipinski definition) is 2. The zero-order valence-corrected chi connectivity index (χ0v) is 13.8. The minimum Gasteiger partial charge on any atom is -0.393 e. The first-order valence-electron chi connectivity index (χ1n) is 9.40. The maximum absolute atomic E-state index is 10.1. The Kier molecular flexibility index (Phi) is 5.58. The summed E-state index contributed by atoms with van der Waals surface area (Å²) in [6, 6.07) is 2.13. The predicted molar refractivity (Wildman–Crippen MR) is 87.4 cm³/mol. The maximum Gasteiger partial charge on any atom is 0.0553 e. The minimum atomic E-state index is -0.163. The number of nitrogens with one attached hydrogen (secondary N) is 1. The van der Waals surface area contributed by atoms with Crippen molar-refractivity contribution in [2.75, 3.05) is 13.1 Å². The van der Waals surface area contributed by atoms with Crippen LogP contribution in [-0.4, -0.2) is 47.3 Å². The van der Waals surface area contributed by atoms with Gasteiger partial charge in [-0.2, -0.15) is 0 Å². The second-order valence-electron chi connectivity index (χ2n) is 7.83. The van der Waals surface area contributed by atoms with Crippen LogP contribution >= 0.6 is 0 Å². The molecule has 3 atom stereocenters. The van der Waals surface area contributed by atoms with Gasteiger partial charge in [-0.15, -0.1) is 0 Å². The third-order valence-electron chi connectivity index (χ3n) is 6.11. The highest BCUT2D eigenvalue weighted by atomic mass is 16.3. The molecule has 1 saturated heterocycles. The summed E-state index contributed by atoms with van der Waals surface area (Å²) in [5.41, 5.74) is 0. The van der Waals surface area contributed by atoms with Crippen molar-refractivity contribution in [1.82, 2.24) is 10.2 Å². The molecule has 0 aromatic heterocycles. The van der Waals surface area contributed by atoms with Gasteiger partial charge in [-0.3, -0.25) is 4.90 Å². The number of nitrogens with zero attached hydrogens (tertiary/aromatic N) is 1. The van der Waals surface area contributed by atoms with Crippen LogP contribution < -0.4 is 5.32 Å². The lowest BCUT2D eigenvalue weighted by Crippen LogP contribution is -2.56. The number of likely N-dealkylation sites (tertiary alicyclic amines) is 1. The van der Waals surface area contributed by atoms with E-state index in [1.54, 1.807) is 0 Å². The van der Waals surface area contributed by atoms with Crippen molar-refractivity contribution in [1.29, 1.82) is 0 Å². The van der Waals surface area contributed by atoms with Gasteiger partial charge in [0.15, 0.2) is 0 Å². The van der Waals surface area contributed by atoms with Crippen LogP contribution in [0.25, 0.3) is 0 Å². The monoisotopic (exact) mass is 294 g/mol. The molecule has 2 aliphatic carbocycles. The van der Waals surface area contributed by atoms with Gasteiger partial charge in [0.1, 0.15) is 0 Å². The molecule has 2 N–H and O–H groups in total. The molecule has 3 aliphatic rings. The van der Waals surface area contributed by atoms with Crippen LogP contribution in [0.4, 0.5) is 0 Å². The molecule has 3 unspecified atom stereocenters. The van der Waals surface area contributed by atoms with Crippen molar-refractivity contribution in [3.63, 3.8) is 0 Å². The van der Waals surface area contributed by atoms with E-state index in [2.05, 4.69) is 10.2 Å². The van der Waals surface area contributed by atoms with E-state index in [1.807, 2.05) is 6.92 Å². The topological polar surface area (TPSA) is 35.5 Å². The van der Waals surface area contributed by atoms with E-state index in [1.165, 1.54) is 64.3 Å². The van der Waals surface area contributed by atoms with Gasteiger partial charge >= 0.3 is 0 Å². The van der Waals surface area contributed by atoms with Crippen molar-refractivity contribution in [3.05, 3.63) is 0 Å². The zero-order valence-electron chi connectivity index (χ0n) is 13.8. The molecule has 3 rings (SSSR count). The van der Waals surface area contributed by atoms with Gasteiger partial charge < -0.3 is 10.4 Å². The third kappa shape index (κ3) is 4.20. The molecule has 3 nitrogen and oxygen atoms in total. The third-order valence-corrected chi connectivity index (χ3v) is 6.11. The van der Waals surface area contributed by atoms with E-state index < -0.39 is 0 Å². The molecule has 122 valence electrons. The van der Waals surface area contributed by atoms with E-state index in [4.69, 9.17) is 0 Å². The number of aliphatic hydroxyl groups excluding tert-OH is 1. The van der Waals surface area contributed by atoms with Gasteiger partial charge in [0, 0.05) is 31.2 Å². The lowest BCUT2D eigenvalue weighted by atomic mass is 9.86. The normalized spacial score (nSPS) is 35.1. The molecule has 0 spiro atoms. The van der Waals surface area contributed by atoms with Crippen LogP contribution in [0.1, 0.15) is 71.1 Å². The van der Waals surface area contributed by atoms with Gasteiger partial charge in [0.05, 0.1) is 6.10 Å². The first-order valence-corrected chi connectivity index (χ1v) is 9.40. The van der Waals surface area contributed by atoms with Gasteiger partial charge in [-0.05, 0) is 44.9 Å². The van der Waals surface area contributed by atoms with Crippen molar-refractivity contribution >= 4 is 0 Å². The summed E-state index contributed by atoms with van der Waals surface area (Å²) in [6.45, 7) is 4.32. The van der Waals surface area contributed by atoms with E-state index in [0.717, 1.165) is 25.0 Å². The van der Waals surface area contributed by atoms with Crippen LogP contribution in [0.3, 0.4) is 0 Å². The Balaban J connectivity index is 1.59. The van der Waals surface area contributed by atoms with E-state index in [9.17, 15) is 5.11 Å². The summed E-state index contributed by atoms with van der Waals surface area (Å²) in [4.78, 5) is 2.71. The molecule has 0 amide bonds.